The lowest BCUT2D eigenvalue weighted by Crippen LogP contribution is -2.30. The van der Waals surface area contributed by atoms with Gasteiger partial charge in [-0.25, -0.2) is 4.39 Å². The molecule has 0 radical (unpaired) electrons. The fourth-order valence-corrected chi connectivity index (χ4v) is 1.76. The molecule has 0 bridgehead atoms. The first-order valence-corrected chi connectivity index (χ1v) is 6.56. The Labute approximate surface area is 113 Å². The van der Waals surface area contributed by atoms with Crippen molar-refractivity contribution in [2.45, 2.75) is 19.3 Å². The van der Waals surface area contributed by atoms with E-state index in [1.807, 2.05) is 11.9 Å². The molecule has 0 aromatic heterocycles. The Bertz CT molecular complexity index is 381. The molecular weight excluding hydrogens is 245 g/mol. The van der Waals surface area contributed by atoms with Crippen molar-refractivity contribution in [1.29, 1.82) is 0 Å². The molecule has 4 nitrogen and oxygen atoms in total. The van der Waals surface area contributed by atoms with Crippen molar-refractivity contribution in [2.75, 3.05) is 32.0 Å². The summed E-state index contributed by atoms with van der Waals surface area (Å²) in [4.78, 5) is 13.7. The van der Waals surface area contributed by atoms with Crippen LogP contribution in [0.15, 0.2) is 24.3 Å². The summed E-state index contributed by atoms with van der Waals surface area (Å²) in [6.07, 6.45) is 3.15. The second-order valence-electron chi connectivity index (χ2n) is 4.64. The van der Waals surface area contributed by atoms with Crippen LogP contribution in [0.2, 0.25) is 0 Å². The maximum Gasteiger partial charge on any atom is 0.238 e. The molecule has 19 heavy (non-hydrogen) atoms. The molecule has 0 unspecified atom stereocenters. The summed E-state index contributed by atoms with van der Waals surface area (Å²) in [5.74, 6) is -0.400. The van der Waals surface area contributed by atoms with Crippen LogP contribution in [0.3, 0.4) is 0 Å². The van der Waals surface area contributed by atoms with Gasteiger partial charge in [-0.3, -0.25) is 9.69 Å². The minimum atomic E-state index is -0.310. The standard InChI is InChI=1S/C14H22FN3O/c1-18(10-4-2-3-9-16)11-14(19)17-13-7-5-12(15)6-8-13/h5-8H,2-4,9-11,16H2,1H3,(H,17,19). The third kappa shape index (κ3) is 6.88. The Kier molecular flexibility index (Phi) is 7.07. The first-order valence-electron chi connectivity index (χ1n) is 6.56. The summed E-state index contributed by atoms with van der Waals surface area (Å²) in [5, 5.41) is 2.73. The first-order chi connectivity index (χ1) is 9.11. The van der Waals surface area contributed by atoms with Gasteiger partial charge in [-0.05, 0) is 57.2 Å². The molecule has 0 aliphatic carbocycles. The van der Waals surface area contributed by atoms with E-state index < -0.39 is 0 Å². The number of anilines is 1. The van der Waals surface area contributed by atoms with E-state index in [1.54, 1.807) is 12.1 Å². The molecule has 3 N–H and O–H groups in total. The Balaban J connectivity index is 2.24. The van der Waals surface area contributed by atoms with Crippen LogP contribution in [0.4, 0.5) is 10.1 Å². The van der Waals surface area contributed by atoms with Gasteiger partial charge in [-0.1, -0.05) is 6.42 Å². The van der Waals surface area contributed by atoms with Crippen LogP contribution in [0.1, 0.15) is 19.3 Å². The Hall–Kier alpha value is -1.46. The van der Waals surface area contributed by atoms with Crippen LogP contribution in [0.5, 0.6) is 0 Å². The number of carbonyl (C=O) groups excluding carboxylic acids is 1. The van der Waals surface area contributed by atoms with E-state index in [-0.39, 0.29) is 11.7 Å². The molecule has 0 aliphatic rings. The van der Waals surface area contributed by atoms with E-state index in [4.69, 9.17) is 5.73 Å². The number of unbranched alkanes of at least 4 members (excludes halogenated alkanes) is 2. The smallest absolute Gasteiger partial charge is 0.238 e. The van der Waals surface area contributed by atoms with Crippen molar-refractivity contribution < 1.29 is 9.18 Å². The maximum absolute atomic E-state index is 12.7. The molecule has 1 aromatic carbocycles. The van der Waals surface area contributed by atoms with E-state index in [0.29, 0.717) is 12.2 Å². The minimum absolute atomic E-state index is 0.0899. The number of carbonyl (C=O) groups is 1. The molecule has 0 spiro atoms. The van der Waals surface area contributed by atoms with Gasteiger partial charge in [0, 0.05) is 5.69 Å². The van der Waals surface area contributed by atoms with Gasteiger partial charge in [0.25, 0.3) is 0 Å². The van der Waals surface area contributed by atoms with Gasteiger partial charge in [0.05, 0.1) is 6.54 Å². The lowest BCUT2D eigenvalue weighted by Gasteiger charge is -2.16. The zero-order valence-electron chi connectivity index (χ0n) is 11.4. The highest BCUT2D eigenvalue weighted by molar-refractivity contribution is 5.92. The van der Waals surface area contributed by atoms with E-state index >= 15 is 0 Å². The molecular formula is C14H22FN3O. The lowest BCUT2D eigenvalue weighted by atomic mass is 10.2. The summed E-state index contributed by atoms with van der Waals surface area (Å²) < 4.78 is 12.7. The van der Waals surface area contributed by atoms with Gasteiger partial charge in [-0.15, -0.1) is 0 Å². The maximum atomic E-state index is 12.7. The highest BCUT2D eigenvalue weighted by atomic mass is 19.1. The third-order valence-corrected chi connectivity index (χ3v) is 2.79. The molecule has 0 atom stereocenters. The minimum Gasteiger partial charge on any atom is -0.330 e. The lowest BCUT2D eigenvalue weighted by molar-refractivity contribution is -0.117. The Morgan fingerprint density at radius 3 is 2.58 bits per heavy atom. The van der Waals surface area contributed by atoms with Crippen molar-refractivity contribution in [3.8, 4) is 0 Å². The zero-order chi connectivity index (χ0) is 14.1. The summed E-state index contributed by atoms with van der Waals surface area (Å²) in [6.45, 7) is 1.92. The molecule has 0 saturated carbocycles. The highest BCUT2D eigenvalue weighted by Gasteiger charge is 2.06. The fourth-order valence-electron chi connectivity index (χ4n) is 1.76. The van der Waals surface area contributed by atoms with Gasteiger partial charge in [0.15, 0.2) is 0 Å². The quantitative estimate of drug-likeness (QED) is 0.706. The molecule has 0 aliphatic heterocycles. The van der Waals surface area contributed by atoms with Crippen LogP contribution in [0.25, 0.3) is 0 Å². The fraction of sp³-hybridized carbons (Fsp3) is 0.500. The molecule has 1 rings (SSSR count). The zero-order valence-corrected chi connectivity index (χ0v) is 11.4. The second-order valence-corrected chi connectivity index (χ2v) is 4.64. The summed E-state index contributed by atoms with van der Waals surface area (Å²) in [7, 11) is 1.91. The van der Waals surface area contributed by atoms with Crippen molar-refractivity contribution >= 4 is 11.6 Å². The predicted molar refractivity (Wildman–Crippen MR) is 75.4 cm³/mol. The van der Waals surface area contributed by atoms with Crippen molar-refractivity contribution in [3.63, 3.8) is 0 Å². The number of rotatable bonds is 8. The summed E-state index contributed by atoms with van der Waals surface area (Å²) in [5.41, 5.74) is 6.03. The Morgan fingerprint density at radius 1 is 1.26 bits per heavy atom. The SMILES string of the molecule is CN(CCCCCN)CC(=O)Nc1ccc(F)cc1. The number of nitrogens with two attached hydrogens (primary N) is 1. The van der Waals surface area contributed by atoms with Crippen molar-refractivity contribution in [1.82, 2.24) is 4.90 Å². The van der Waals surface area contributed by atoms with Gasteiger partial charge >= 0.3 is 0 Å². The van der Waals surface area contributed by atoms with E-state index in [0.717, 1.165) is 32.4 Å². The number of nitrogens with zero attached hydrogens (tertiary/aromatic N) is 1. The number of amides is 1. The third-order valence-electron chi connectivity index (χ3n) is 2.79. The highest BCUT2D eigenvalue weighted by Crippen LogP contribution is 2.08. The normalized spacial score (nSPS) is 10.7. The monoisotopic (exact) mass is 267 g/mol. The van der Waals surface area contributed by atoms with Crippen molar-refractivity contribution in [2.24, 2.45) is 5.73 Å². The van der Waals surface area contributed by atoms with Crippen LogP contribution in [0, 0.1) is 5.82 Å². The molecule has 0 fully saturated rings. The van der Waals surface area contributed by atoms with E-state index in [9.17, 15) is 9.18 Å². The molecule has 0 heterocycles. The van der Waals surface area contributed by atoms with Gasteiger partial charge in [-0.2, -0.15) is 0 Å². The first kappa shape index (κ1) is 15.6. The van der Waals surface area contributed by atoms with Gasteiger partial charge < -0.3 is 11.1 Å². The largest absolute Gasteiger partial charge is 0.330 e. The topological polar surface area (TPSA) is 58.4 Å². The molecule has 106 valence electrons. The predicted octanol–water partition coefficient (Wildman–Crippen LogP) is 1.82. The number of hydrogen-bond acceptors (Lipinski definition) is 3. The molecule has 0 saturated heterocycles. The average Bonchev–Trinajstić information content (AvgIpc) is 2.37. The number of nitrogens with one attached hydrogen (secondary N) is 1. The van der Waals surface area contributed by atoms with Gasteiger partial charge in [0.1, 0.15) is 5.82 Å². The Morgan fingerprint density at radius 2 is 1.95 bits per heavy atom. The number of hydrogen-bond donors (Lipinski definition) is 2. The van der Waals surface area contributed by atoms with E-state index in [1.165, 1.54) is 12.1 Å². The van der Waals surface area contributed by atoms with Crippen LogP contribution < -0.4 is 11.1 Å². The molecule has 5 heteroatoms. The molecule has 1 amide bonds. The summed E-state index contributed by atoms with van der Waals surface area (Å²) in [6, 6.07) is 5.75. The average molecular weight is 267 g/mol. The van der Waals surface area contributed by atoms with Crippen molar-refractivity contribution in [3.05, 3.63) is 30.1 Å². The second kappa shape index (κ2) is 8.61. The number of likely N-dealkylation sites (N-methyl/N-ethyl adjacent to an activating group) is 1. The number of halogens is 1. The van der Waals surface area contributed by atoms with E-state index in [2.05, 4.69) is 5.32 Å². The van der Waals surface area contributed by atoms with Crippen LogP contribution in [-0.4, -0.2) is 37.5 Å². The van der Waals surface area contributed by atoms with Crippen LogP contribution >= 0.6 is 0 Å². The van der Waals surface area contributed by atoms with Crippen LogP contribution in [-0.2, 0) is 4.79 Å². The number of benzene rings is 1. The molecule has 1 aromatic rings. The van der Waals surface area contributed by atoms with Gasteiger partial charge in [0.2, 0.25) is 5.91 Å². The summed E-state index contributed by atoms with van der Waals surface area (Å²) >= 11 is 0.